The van der Waals surface area contributed by atoms with Crippen molar-refractivity contribution in [2.24, 2.45) is 0 Å². The third kappa shape index (κ3) is 19.3. The van der Waals surface area contributed by atoms with E-state index in [9.17, 15) is 14.9 Å². The van der Waals surface area contributed by atoms with Crippen molar-refractivity contribution in [1.29, 1.82) is 0 Å². The van der Waals surface area contributed by atoms with Crippen LogP contribution in [-0.4, -0.2) is 38.6 Å². The van der Waals surface area contributed by atoms with E-state index >= 15 is 0 Å². The Bertz CT molecular complexity index is 501. The SMILES string of the molecule is O=C(Cn1ccnc1[N+](=O)[O-])NCCO.O=P([O-])([O-])[O-].[Na+].[Na+].[Na+]. The third-order valence-corrected chi connectivity index (χ3v) is 1.60. The predicted octanol–water partition coefficient (Wildman–Crippen LogP) is -12.9. The van der Waals surface area contributed by atoms with Crippen molar-refractivity contribution >= 4 is 19.7 Å². The second-order valence-corrected chi connectivity index (χ2v) is 4.03. The van der Waals surface area contributed by atoms with Crippen molar-refractivity contribution in [3.8, 4) is 0 Å². The number of phosphoric acid groups is 1. The molecule has 23 heavy (non-hydrogen) atoms. The number of carbonyl (C=O) groups is 1. The predicted molar refractivity (Wildman–Crippen MR) is 56.6 cm³/mol. The number of hydrogen-bond donors (Lipinski definition) is 2. The molecule has 114 valence electrons. The molecule has 0 aliphatic carbocycles. The Morgan fingerprint density at radius 1 is 1.35 bits per heavy atom. The zero-order valence-corrected chi connectivity index (χ0v) is 19.8. The Labute approximate surface area is 197 Å². The Kier molecular flexibility index (Phi) is 23.0. The first-order valence-corrected chi connectivity index (χ1v) is 6.37. The fourth-order valence-electron chi connectivity index (χ4n) is 1.00. The van der Waals surface area contributed by atoms with E-state index in [4.69, 9.17) is 24.4 Å². The van der Waals surface area contributed by atoms with Crippen LogP contribution in [0.5, 0.6) is 0 Å². The van der Waals surface area contributed by atoms with Gasteiger partial charge < -0.3 is 39.8 Å². The van der Waals surface area contributed by atoms with E-state index in [-0.39, 0.29) is 114 Å². The van der Waals surface area contributed by atoms with Crippen molar-refractivity contribution < 1.29 is 123 Å². The summed E-state index contributed by atoms with van der Waals surface area (Å²) in [5.74, 6) is -0.792. The van der Waals surface area contributed by atoms with Crippen molar-refractivity contribution in [2.45, 2.75) is 6.54 Å². The summed E-state index contributed by atoms with van der Waals surface area (Å²) >= 11 is 0. The van der Waals surface area contributed by atoms with E-state index in [1.54, 1.807) is 0 Å². The molecule has 2 N–H and O–H groups in total. The first kappa shape index (κ1) is 31.9. The number of carbonyl (C=O) groups excluding carboxylic acids is 1. The maximum absolute atomic E-state index is 11.2. The molecule has 0 saturated carbocycles. The van der Waals surface area contributed by atoms with Crippen LogP contribution in [-0.2, 0) is 15.9 Å². The quantitative estimate of drug-likeness (QED) is 0.216. The van der Waals surface area contributed by atoms with Gasteiger partial charge in [0.1, 0.15) is 12.4 Å². The average molecular weight is 378 g/mol. The molecule has 1 rings (SSSR count). The molecule has 0 bridgehead atoms. The van der Waals surface area contributed by atoms with E-state index in [0.29, 0.717) is 0 Å². The normalized spacial score (nSPS) is 9.04. The van der Waals surface area contributed by atoms with Crippen LogP contribution in [0.4, 0.5) is 5.95 Å². The van der Waals surface area contributed by atoms with Crippen LogP contribution in [0.2, 0.25) is 0 Å². The van der Waals surface area contributed by atoms with Gasteiger partial charge in [0.05, 0.1) is 6.61 Å². The molecule has 1 aromatic rings. The molecule has 0 atom stereocenters. The number of nitrogens with one attached hydrogen (secondary N) is 1. The van der Waals surface area contributed by atoms with Gasteiger partial charge in [-0.15, -0.1) is 0 Å². The molecule has 0 spiro atoms. The van der Waals surface area contributed by atoms with Crippen LogP contribution in [0.3, 0.4) is 0 Å². The van der Waals surface area contributed by atoms with Gasteiger partial charge in [0.2, 0.25) is 0 Å². The molecule has 0 fully saturated rings. The van der Waals surface area contributed by atoms with E-state index in [1.165, 1.54) is 12.4 Å². The van der Waals surface area contributed by atoms with Gasteiger partial charge in [-0.25, -0.2) is 4.57 Å². The van der Waals surface area contributed by atoms with E-state index < -0.39 is 18.7 Å². The third-order valence-electron chi connectivity index (χ3n) is 1.60. The number of nitrogens with zero attached hydrogens (tertiary/aromatic N) is 3. The van der Waals surface area contributed by atoms with Gasteiger partial charge in [-0.3, -0.25) is 4.79 Å². The van der Waals surface area contributed by atoms with Gasteiger partial charge >= 0.3 is 94.6 Å². The van der Waals surface area contributed by atoms with Gasteiger partial charge in [0.15, 0.2) is 6.54 Å². The van der Waals surface area contributed by atoms with Crippen molar-refractivity contribution in [3.63, 3.8) is 0 Å². The summed E-state index contributed by atoms with van der Waals surface area (Å²) in [7, 11) is -5.39. The fourth-order valence-corrected chi connectivity index (χ4v) is 1.00. The fraction of sp³-hybridized carbons (Fsp3) is 0.429. The number of aliphatic hydroxyl groups excluding tert-OH is 1. The molecular formula is C7H10N4Na3O8P. The molecule has 0 aliphatic heterocycles. The van der Waals surface area contributed by atoms with Crippen molar-refractivity contribution in [1.82, 2.24) is 14.9 Å². The van der Waals surface area contributed by atoms with E-state index in [2.05, 4.69) is 10.3 Å². The largest absolute Gasteiger partial charge is 1.00 e. The van der Waals surface area contributed by atoms with E-state index in [1.807, 2.05) is 0 Å². The van der Waals surface area contributed by atoms with Crippen LogP contribution < -0.4 is 109 Å². The number of rotatable bonds is 5. The van der Waals surface area contributed by atoms with Gasteiger partial charge in [-0.2, -0.15) is 7.82 Å². The minimum atomic E-state index is -5.39. The topological polar surface area (TPSA) is 197 Å². The summed E-state index contributed by atoms with van der Waals surface area (Å²) in [5, 5.41) is 21.2. The number of hydrogen-bond acceptors (Lipinski definition) is 9. The molecule has 0 aromatic carbocycles. The summed E-state index contributed by atoms with van der Waals surface area (Å²) in [6.45, 7) is -0.227. The zero-order valence-electron chi connectivity index (χ0n) is 12.9. The van der Waals surface area contributed by atoms with Crippen LogP contribution >= 0.6 is 7.82 Å². The Morgan fingerprint density at radius 3 is 2.22 bits per heavy atom. The van der Waals surface area contributed by atoms with Crippen LogP contribution in [0.15, 0.2) is 12.4 Å². The number of imidazole rings is 1. The Hall–Kier alpha value is 1.15. The summed E-state index contributed by atoms with van der Waals surface area (Å²) in [4.78, 5) is 50.0. The summed E-state index contributed by atoms with van der Waals surface area (Å²) < 4.78 is 9.67. The number of nitro groups is 1. The molecule has 0 saturated heterocycles. The summed E-state index contributed by atoms with van der Waals surface area (Å²) in [6, 6.07) is 0. The van der Waals surface area contributed by atoms with Crippen molar-refractivity contribution in [3.05, 3.63) is 22.5 Å². The molecule has 0 aliphatic rings. The summed E-state index contributed by atoms with van der Waals surface area (Å²) in [5.41, 5.74) is 0. The monoisotopic (exact) mass is 378 g/mol. The number of amides is 1. The molecule has 1 aromatic heterocycles. The number of aliphatic hydroxyl groups is 1. The smallest absolute Gasteiger partial charge is 0.822 e. The Morgan fingerprint density at radius 2 is 1.83 bits per heavy atom. The molecule has 16 heteroatoms. The molecule has 1 heterocycles. The molecule has 0 unspecified atom stereocenters. The molecule has 12 nitrogen and oxygen atoms in total. The zero-order chi connectivity index (χ0) is 15.8. The Balaban J connectivity index is -0.000000199. The maximum Gasteiger partial charge on any atom is 1.00 e. The van der Waals surface area contributed by atoms with Crippen LogP contribution in [0.1, 0.15) is 0 Å². The van der Waals surface area contributed by atoms with Gasteiger partial charge in [-0.1, -0.05) is 4.98 Å². The van der Waals surface area contributed by atoms with Crippen LogP contribution in [0, 0.1) is 10.1 Å². The maximum atomic E-state index is 11.2. The van der Waals surface area contributed by atoms with Crippen molar-refractivity contribution in [2.75, 3.05) is 13.2 Å². The van der Waals surface area contributed by atoms with Gasteiger partial charge in [0, 0.05) is 6.54 Å². The number of aromatic nitrogens is 2. The first-order chi connectivity index (χ1) is 9.15. The average Bonchev–Trinajstić information content (AvgIpc) is 2.72. The molecule has 1 amide bonds. The second kappa shape index (κ2) is 16.6. The minimum Gasteiger partial charge on any atom is -0.822 e. The summed E-state index contributed by atoms with van der Waals surface area (Å²) in [6.07, 6.45) is 2.59. The van der Waals surface area contributed by atoms with E-state index in [0.717, 1.165) is 4.57 Å². The first-order valence-electron chi connectivity index (χ1n) is 4.91. The van der Waals surface area contributed by atoms with Crippen LogP contribution in [0.25, 0.3) is 0 Å². The second-order valence-electron chi connectivity index (χ2n) is 3.13. The standard InChI is InChI=1S/C7H10N4O4.3Na.H3O4P/c12-4-2-8-6(13)5-10-3-1-9-7(10)11(14)15;;;;1-5(2,3)4/h1,3,12H,2,4-5H2,(H,8,13);;;;(H3,1,2,3,4)/q;3*+1;/p-3. The molecular weight excluding hydrogens is 368 g/mol. The molecule has 0 radical (unpaired) electrons. The minimum absolute atomic E-state index is 0. The van der Waals surface area contributed by atoms with Gasteiger partial charge in [-0.05, 0) is 4.92 Å². The van der Waals surface area contributed by atoms with Gasteiger partial charge in [0.25, 0.3) is 5.91 Å².